The fraction of sp³-hybridized carbons (Fsp3) is 0.667. The van der Waals surface area contributed by atoms with Crippen molar-refractivity contribution in [1.29, 1.82) is 5.41 Å². The van der Waals surface area contributed by atoms with Gasteiger partial charge in [0, 0.05) is 0 Å². The van der Waals surface area contributed by atoms with Crippen LogP contribution in [0.4, 0.5) is 0 Å². The SMILES string of the molecule is CCOC(=O)CC(S)(NC(=N)N)C(=O)OCC. The zero-order chi connectivity index (χ0) is 13.5. The molecule has 7 nitrogen and oxygen atoms in total. The summed E-state index contributed by atoms with van der Waals surface area (Å²) in [6, 6.07) is 0. The van der Waals surface area contributed by atoms with E-state index in [0.29, 0.717) is 0 Å². The fourth-order valence-corrected chi connectivity index (χ4v) is 1.38. The van der Waals surface area contributed by atoms with Crippen LogP contribution in [0.1, 0.15) is 20.3 Å². The average molecular weight is 263 g/mol. The first-order chi connectivity index (χ1) is 7.85. The first-order valence-corrected chi connectivity index (χ1v) is 5.47. The van der Waals surface area contributed by atoms with Crippen LogP contribution in [-0.2, 0) is 19.1 Å². The molecule has 8 heteroatoms. The standard InChI is InChI=1S/C9H17N3O4S/c1-3-15-6(13)5-9(17,12-8(10)11)7(14)16-4-2/h17H,3-5H2,1-2H3,(H4,10,11,12). The monoisotopic (exact) mass is 263 g/mol. The molecule has 1 atom stereocenters. The van der Waals surface area contributed by atoms with E-state index in [4.69, 9.17) is 20.6 Å². The number of ether oxygens (including phenoxy) is 2. The molecule has 0 saturated heterocycles. The van der Waals surface area contributed by atoms with Crippen LogP contribution in [0.5, 0.6) is 0 Å². The lowest BCUT2D eigenvalue weighted by Crippen LogP contribution is -2.54. The first-order valence-electron chi connectivity index (χ1n) is 5.03. The van der Waals surface area contributed by atoms with E-state index >= 15 is 0 Å². The molecule has 0 aromatic rings. The number of esters is 2. The lowest BCUT2D eigenvalue weighted by Gasteiger charge is -2.26. The molecule has 0 bridgehead atoms. The molecule has 0 radical (unpaired) electrons. The summed E-state index contributed by atoms with van der Waals surface area (Å²) >= 11 is 4.01. The van der Waals surface area contributed by atoms with E-state index in [9.17, 15) is 9.59 Å². The molecule has 0 rings (SSSR count). The van der Waals surface area contributed by atoms with Crippen molar-refractivity contribution in [1.82, 2.24) is 5.32 Å². The Bertz CT molecular complexity index is 311. The van der Waals surface area contributed by atoms with Gasteiger partial charge in [-0.3, -0.25) is 10.2 Å². The van der Waals surface area contributed by atoms with Crippen molar-refractivity contribution < 1.29 is 19.1 Å². The Kier molecular flexibility index (Phi) is 6.40. The highest BCUT2D eigenvalue weighted by Gasteiger charge is 2.39. The lowest BCUT2D eigenvalue weighted by atomic mass is 10.2. The fourth-order valence-electron chi connectivity index (χ4n) is 1.06. The Morgan fingerprint density at radius 3 is 2.29 bits per heavy atom. The second-order valence-electron chi connectivity index (χ2n) is 3.10. The molecular formula is C9H17N3O4S. The van der Waals surface area contributed by atoms with Gasteiger partial charge < -0.3 is 20.5 Å². The lowest BCUT2D eigenvalue weighted by molar-refractivity contribution is -0.153. The van der Waals surface area contributed by atoms with Crippen LogP contribution in [0, 0.1) is 5.41 Å². The molecule has 0 amide bonds. The summed E-state index contributed by atoms with van der Waals surface area (Å²) in [5, 5.41) is 9.36. The Morgan fingerprint density at radius 1 is 1.35 bits per heavy atom. The molecule has 1 unspecified atom stereocenters. The van der Waals surface area contributed by atoms with Crippen LogP contribution in [0.2, 0.25) is 0 Å². The van der Waals surface area contributed by atoms with Crippen LogP contribution in [0.25, 0.3) is 0 Å². The van der Waals surface area contributed by atoms with Crippen LogP contribution < -0.4 is 11.1 Å². The second kappa shape index (κ2) is 7.00. The van der Waals surface area contributed by atoms with E-state index in [0.717, 1.165) is 0 Å². The molecule has 0 aliphatic rings. The molecule has 4 N–H and O–H groups in total. The topological polar surface area (TPSA) is 115 Å². The molecule has 0 aromatic carbocycles. The minimum absolute atomic E-state index is 0.129. The highest BCUT2D eigenvalue weighted by Crippen LogP contribution is 2.18. The highest BCUT2D eigenvalue weighted by atomic mass is 32.1. The van der Waals surface area contributed by atoms with Gasteiger partial charge in [0.2, 0.25) is 0 Å². The van der Waals surface area contributed by atoms with E-state index in [-0.39, 0.29) is 19.6 Å². The molecule has 0 aliphatic heterocycles. The summed E-state index contributed by atoms with van der Waals surface area (Å²) in [7, 11) is 0. The van der Waals surface area contributed by atoms with Crippen LogP contribution in [0.3, 0.4) is 0 Å². The molecular weight excluding hydrogens is 246 g/mol. The van der Waals surface area contributed by atoms with Gasteiger partial charge in [0.1, 0.15) is 0 Å². The van der Waals surface area contributed by atoms with Crippen molar-refractivity contribution in [2.75, 3.05) is 13.2 Å². The van der Waals surface area contributed by atoms with Gasteiger partial charge in [-0.1, -0.05) is 0 Å². The van der Waals surface area contributed by atoms with Gasteiger partial charge in [-0.25, -0.2) is 4.79 Å². The van der Waals surface area contributed by atoms with Gasteiger partial charge in [-0.05, 0) is 13.8 Å². The number of nitrogens with one attached hydrogen (secondary N) is 2. The van der Waals surface area contributed by atoms with E-state index in [2.05, 4.69) is 17.9 Å². The van der Waals surface area contributed by atoms with Gasteiger partial charge in [-0.2, -0.15) is 0 Å². The van der Waals surface area contributed by atoms with Crippen molar-refractivity contribution in [3.05, 3.63) is 0 Å². The van der Waals surface area contributed by atoms with Crippen LogP contribution in [0.15, 0.2) is 0 Å². The second-order valence-corrected chi connectivity index (χ2v) is 3.86. The van der Waals surface area contributed by atoms with Crippen molar-refractivity contribution in [3.8, 4) is 0 Å². The number of guanidine groups is 1. The Labute approximate surface area is 105 Å². The van der Waals surface area contributed by atoms with E-state index in [1.165, 1.54) is 0 Å². The van der Waals surface area contributed by atoms with Crippen molar-refractivity contribution >= 4 is 30.5 Å². The summed E-state index contributed by atoms with van der Waals surface area (Å²) in [6.45, 7) is 3.57. The van der Waals surface area contributed by atoms with Gasteiger partial charge in [0.05, 0.1) is 19.6 Å². The number of carbonyl (C=O) groups is 2. The summed E-state index contributed by atoms with van der Waals surface area (Å²) in [4.78, 5) is 21.3. The predicted octanol–water partition coefficient (Wildman–Crippen LogP) is -0.388. The van der Waals surface area contributed by atoms with Crippen molar-refractivity contribution in [3.63, 3.8) is 0 Å². The summed E-state index contributed by atoms with van der Waals surface area (Å²) in [5.74, 6) is -1.91. The molecule has 0 heterocycles. The largest absolute Gasteiger partial charge is 0.466 e. The molecule has 0 spiro atoms. The Hall–Kier alpha value is -1.44. The summed E-state index contributed by atoms with van der Waals surface area (Å²) in [5.41, 5.74) is 5.13. The number of thiol groups is 1. The third kappa shape index (κ3) is 5.43. The van der Waals surface area contributed by atoms with Crippen LogP contribution >= 0.6 is 12.6 Å². The average Bonchev–Trinajstić information content (AvgIpc) is 2.16. The molecule has 17 heavy (non-hydrogen) atoms. The quantitative estimate of drug-likeness (QED) is 0.171. The van der Waals surface area contributed by atoms with E-state index < -0.39 is 22.8 Å². The Morgan fingerprint density at radius 2 is 1.88 bits per heavy atom. The number of rotatable bonds is 6. The van der Waals surface area contributed by atoms with E-state index in [1.54, 1.807) is 13.8 Å². The third-order valence-corrected chi connectivity index (χ3v) is 2.11. The van der Waals surface area contributed by atoms with Gasteiger partial charge in [0.15, 0.2) is 10.8 Å². The first kappa shape index (κ1) is 15.6. The number of hydrogen-bond acceptors (Lipinski definition) is 6. The molecule has 0 fully saturated rings. The maximum Gasteiger partial charge on any atom is 0.342 e. The van der Waals surface area contributed by atoms with E-state index in [1.807, 2.05) is 0 Å². The molecule has 0 saturated carbocycles. The van der Waals surface area contributed by atoms with Gasteiger partial charge >= 0.3 is 11.9 Å². The zero-order valence-electron chi connectivity index (χ0n) is 9.78. The van der Waals surface area contributed by atoms with Gasteiger partial charge in [-0.15, -0.1) is 12.6 Å². The predicted molar refractivity (Wildman–Crippen MR) is 64.6 cm³/mol. The molecule has 0 aliphatic carbocycles. The number of nitrogens with two attached hydrogens (primary N) is 1. The zero-order valence-corrected chi connectivity index (χ0v) is 10.7. The molecule has 0 aromatic heterocycles. The number of carbonyl (C=O) groups excluding carboxylic acids is 2. The minimum Gasteiger partial charge on any atom is -0.466 e. The maximum atomic E-state index is 11.6. The van der Waals surface area contributed by atoms with Crippen molar-refractivity contribution in [2.45, 2.75) is 25.1 Å². The highest BCUT2D eigenvalue weighted by molar-refractivity contribution is 7.82. The minimum atomic E-state index is -1.69. The summed E-state index contributed by atoms with van der Waals surface area (Å²) in [6.07, 6.45) is -0.387. The smallest absolute Gasteiger partial charge is 0.342 e. The third-order valence-electron chi connectivity index (χ3n) is 1.66. The summed E-state index contributed by atoms with van der Waals surface area (Å²) < 4.78 is 9.45. The Balaban J connectivity index is 4.77. The molecule has 98 valence electrons. The van der Waals surface area contributed by atoms with Gasteiger partial charge in [0.25, 0.3) is 0 Å². The number of hydrogen-bond donors (Lipinski definition) is 4. The normalized spacial score (nSPS) is 13.4. The van der Waals surface area contributed by atoms with Crippen LogP contribution in [-0.4, -0.2) is 36.0 Å². The maximum absolute atomic E-state index is 11.6. The van der Waals surface area contributed by atoms with Crippen molar-refractivity contribution in [2.24, 2.45) is 5.73 Å².